The highest BCUT2D eigenvalue weighted by atomic mass is 79.9. The maximum Gasteiger partial charge on any atom is 0.326 e. The molecule has 4 nitrogen and oxygen atoms in total. The molecule has 114 valence electrons. The van der Waals surface area contributed by atoms with Gasteiger partial charge < -0.3 is 9.84 Å². The second-order valence-electron chi connectivity index (χ2n) is 6.00. The highest BCUT2D eigenvalue weighted by Crippen LogP contribution is 2.43. The van der Waals surface area contributed by atoms with Crippen molar-refractivity contribution in [3.63, 3.8) is 0 Å². The summed E-state index contributed by atoms with van der Waals surface area (Å²) >= 11 is 3.47. The van der Waals surface area contributed by atoms with Gasteiger partial charge in [0.05, 0.1) is 13.2 Å². The summed E-state index contributed by atoms with van der Waals surface area (Å²) < 4.78 is 6.09. The smallest absolute Gasteiger partial charge is 0.326 e. The van der Waals surface area contributed by atoms with E-state index in [9.17, 15) is 9.90 Å². The minimum Gasteiger partial charge on any atom is -0.468 e. The fraction of sp³-hybridized carbons (Fsp3) is 0.562. The molecule has 0 spiro atoms. The summed E-state index contributed by atoms with van der Waals surface area (Å²) in [5.41, 5.74) is 0.352. The molecule has 0 aromatic heterocycles. The lowest BCUT2D eigenvalue weighted by Crippen LogP contribution is -2.53. The molecule has 21 heavy (non-hydrogen) atoms. The van der Waals surface area contributed by atoms with Gasteiger partial charge in [0.15, 0.2) is 0 Å². The zero-order valence-corrected chi connectivity index (χ0v) is 13.7. The quantitative estimate of drug-likeness (QED) is 0.845. The first kappa shape index (κ1) is 15.0. The second kappa shape index (κ2) is 5.71. The van der Waals surface area contributed by atoms with Crippen LogP contribution in [0.4, 0.5) is 0 Å². The predicted octanol–water partition coefficient (Wildman–Crippen LogP) is 2.13. The number of hydrogen-bond acceptors (Lipinski definition) is 4. The molecule has 0 amide bonds. The maximum absolute atomic E-state index is 12.5. The van der Waals surface area contributed by atoms with Gasteiger partial charge in [-0.2, -0.15) is 0 Å². The summed E-state index contributed by atoms with van der Waals surface area (Å²) in [6.45, 7) is 0.852. The molecule has 0 saturated carbocycles. The van der Waals surface area contributed by atoms with E-state index in [0.29, 0.717) is 12.8 Å². The van der Waals surface area contributed by atoms with Crippen LogP contribution < -0.4 is 0 Å². The number of hydrogen-bond donors (Lipinski definition) is 1. The van der Waals surface area contributed by atoms with Crippen molar-refractivity contribution >= 4 is 21.9 Å². The number of carbonyl (C=O) groups excluding carboxylic acids is 1. The molecule has 0 radical (unpaired) electrons. The Kier molecular flexibility index (Phi) is 4.08. The molecule has 1 aromatic carbocycles. The number of halogens is 1. The molecule has 0 unspecified atom stereocenters. The van der Waals surface area contributed by atoms with Gasteiger partial charge in [0.1, 0.15) is 5.54 Å². The van der Waals surface area contributed by atoms with Crippen LogP contribution in [-0.4, -0.2) is 47.3 Å². The van der Waals surface area contributed by atoms with Gasteiger partial charge in [-0.1, -0.05) is 28.1 Å². The molecular formula is C16H20BrNO3. The minimum absolute atomic E-state index is 0.0938. The molecule has 3 rings (SSSR count). The normalized spacial score (nSPS) is 32.1. The minimum atomic E-state index is -0.726. The molecule has 0 bridgehead atoms. The Bertz CT molecular complexity index is 550. The number of ether oxygens (including phenoxy) is 1. The number of aliphatic hydroxyl groups excluding tert-OH is 1. The van der Waals surface area contributed by atoms with Crippen molar-refractivity contribution in [2.24, 2.45) is 0 Å². The van der Waals surface area contributed by atoms with Crippen molar-refractivity contribution in [3.05, 3.63) is 34.3 Å². The number of carbonyl (C=O) groups is 1. The lowest BCUT2D eigenvalue weighted by atomic mass is 9.87. The summed E-state index contributed by atoms with van der Waals surface area (Å²) in [6.07, 6.45) is 2.57. The van der Waals surface area contributed by atoms with Crippen LogP contribution in [0.1, 0.15) is 24.8 Å². The van der Waals surface area contributed by atoms with E-state index in [0.717, 1.165) is 29.4 Å². The fourth-order valence-corrected chi connectivity index (χ4v) is 4.39. The highest BCUT2D eigenvalue weighted by molar-refractivity contribution is 9.10. The fourth-order valence-electron chi connectivity index (χ4n) is 3.94. The van der Waals surface area contributed by atoms with Crippen molar-refractivity contribution in [2.45, 2.75) is 43.4 Å². The molecular weight excluding hydrogens is 334 g/mol. The van der Waals surface area contributed by atoms with E-state index in [1.807, 2.05) is 24.3 Å². The van der Waals surface area contributed by atoms with E-state index in [-0.39, 0.29) is 12.0 Å². The number of esters is 1. The molecule has 1 aromatic rings. The van der Waals surface area contributed by atoms with Crippen LogP contribution in [0.3, 0.4) is 0 Å². The van der Waals surface area contributed by atoms with Crippen molar-refractivity contribution < 1.29 is 14.6 Å². The Morgan fingerprint density at radius 1 is 1.57 bits per heavy atom. The summed E-state index contributed by atoms with van der Waals surface area (Å²) in [6, 6.07) is 8.08. The number of aliphatic hydroxyl groups is 1. The van der Waals surface area contributed by atoms with Crippen LogP contribution in [-0.2, 0) is 16.0 Å². The largest absolute Gasteiger partial charge is 0.468 e. The number of benzene rings is 1. The Hall–Kier alpha value is -0.910. The standard InChI is InChI=1S/C16H20BrNO3/c1-21-15(20)16(9-11-4-2-5-12(17)8-11)10-14(19)13-6-3-7-18(13)16/h2,4-5,8,13-14,19H,3,6-7,9-10H2,1H3/t13-,14-,16-/m0/s1. The third kappa shape index (κ3) is 2.51. The second-order valence-corrected chi connectivity index (χ2v) is 6.92. The average Bonchev–Trinajstić information content (AvgIpc) is 3.03. The first-order chi connectivity index (χ1) is 10.1. The van der Waals surface area contributed by atoms with Gasteiger partial charge in [0.2, 0.25) is 0 Å². The Labute approximate surface area is 133 Å². The molecule has 3 atom stereocenters. The van der Waals surface area contributed by atoms with Crippen molar-refractivity contribution in [2.75, 3.05) is 13.7 Å². The molecule has 0 aliphatic carbocycles. The van der Waals surface area contributed by atoms with Crippen LogP contribution >= 0.6 is 15.9 Å². The van der Waals surface area contributed by atoms with Gasteiger partial charge in [-0.05, 0) is 37.1 Å². The maximum atomic E-state index is 12.5. The topological polar surface area (TPSA) is 49.8 Å². The van der Waals surface area contributed by atoms with E-state index in [2.05, 4.69) is 20.8 Å². The van der Waals surface area contributed by atoms with Crippen molar-refractivity contribution in [3.8, 4) is 0 Å². The first-order valence-electron chi connectivity index (χ1n) is 7.34. The highest BCUT2D eigenvalue weighted by Gasteiger charge is 2.57. The number of methoxy groups -OCH3 is 1. The van der Waals surface area contributed by atoms with Gasteiger partial charge in [-0.15, -0.1) is 0 Å². The van der Waals surface area contributed by atoms with Crippen LogP contribution in [0.2, 0.25) is 0 Å². The molecule has 2 fully saturated rings. The molecule has 1 N–H and O–H groups in total. The Morgan fingerprint density at radius 3 is 3.10 bits per heavy atom. The van der Waals surface area contributed by atoms with E-state index >= 15 is 0 Å². The zero-order chi connectivity index (χ0) is 15.0. The Balaban J connectivity index is 1.96. The Morgan fingerprint density at radius 2 is 2.38 bits per heavy atom. The zero-order valence-electron chi connectivity index (χ0n) is 12.1. The number of fused-ring (bicyclic) bond motifs is 1. The van der Waals surface area contributed by atoms with Crippen LogP contribution in [0.5, 0.6) is 0 Å². The summed E-state index contributed by atoms with van der Waals surface area (Å²) in [5, 5.41) is 10.4. The number of nitrogens with zero attached hydrogens (tertiary/aromatic N) is 1. The van der Waals surface area contributed by atoms with Crippen molar-refractivity contribution in [1.82, 2.24) is 4.90 Å². The molecule has 2 heterocycles. The first-order valence-corrected chi connectivity index (χ1v) is 8.14. The van der Waals surface area contributed by atoms with Crippen molar-refractivity contribution in [1.29, 1.82) is 0 Å². The third-order valence-corrected chi connectivity index (χ3v) is 5.28. The van der Waals surface area contributed by atoms with Gasteiger partial charge in [-0.3, -0.25) is 9.69 Å². The van der Waals surface area contributed by atoms with Gasteiger partial charge in [0, 0.05) is 23.4 Å². The molecule has 5 heteroatoms. The summed E-state index contributed by atoms with van der Waals surface area (Å²) in [4.78, 5) is 14.7. The average molecular weight is 354 g/mol. The molecule has 2 saturated heterocycles. The van der Waals surface area contributed by atoms with Crippen LogP contribution in [0.25, 0.3) is 0 Å². The van der Waals surface area contributed by atoms with Gasteiger partial charge >= 0.3 is 5.97 Å². The summed E-state index contributed by atoms with van der Waals surface area (Å²) in [5.74, 6) is -0.231. The third-order valence-electron chi connectivity index (χ3n) is 4.79. The monoisotopic (exact) mass is 353 g/mol. The van der Waals surface area contributed by atoms with Gasteiger partial charge in [0.25, 0.3) is 0 Å². The van der Waals surface area contributed by atoms with E-state index < -0.39 is 11.6 Å². The lowest BCUT2D eigenvalue weighted by molar-refractivity contribution is -0.153. The van der Waals surface area contributed by atoms with Gasteiger partial charge in [-0.25, -0.2) is 0 Å². The van der Waals surface area contributed by atoms with E-state index in [1.54, 1.807) is 0 Å². The lowest BCUT2D eigenvalue weighted by Gasteiger charge is -2.35. The van der Waals surface area contributed by atoms with Crippen LogP contribution in [0, 0.1) is 0 Å². The molecule has 2 aliphatic heterocycles. The molecule has 2 aliphatic rings. The number of rotatable bonds is 3. The SMILES string of the molecule is COC(=O)[C@]1(Cc2cccc(Br)c2)C[C@H](O)[C@@H]2CCCN21. The van der Waals surface area contributed by atoms with Crippen LogP contribution in [0.15, 0.2) is 28.7 Å². The van der Waals surface area contributed by atoms with E-state index in [1.165, 1.54) is 7.11 Å². The predicted molar refractivity (Wildman–Crippen MR) is 82.9 cm³/mol. The van der Waals surface area contributed by atoms with E-state index in [4.69, 9.17) is 4.74 Å². The summed E-state index contributed by atoms with van der Waals surface area (Å²) in [7, 11) is 1.43.